The highest BCUT2D eigenvalue weighted by molar-refractivity contribution is 5.88. The van der Waals surface area contributed by atoms with E-state index in [-0.39, 0.29) is 5.41 Å². The van der Waals surface area contributed by atoms with Gasteiger partial charge in [0.1, 0.15) is 12.4 Å². The molecule has 1 aromatic carbocycles. The Labute approximate surface area is 232 Å². The first-order valence-electron chi connectivity index (χ1n) is 13.6. The highest BCUT2D eigenvalue weighted by Crippen LogP contribution is 2.45. The number of aliphatic carboxylic acids is 1. The molecule has 1 atom stereocenters. The minimum Gasteiger partial charge on any atom is -0.489 e. The molecule has 0 unspecified atom stereocenters. The molecule has 7 nitrogen and oxygen atoms in total. The Morgan fingerprint density at radius 2 is 1.64 bits per heavy atom. The monoisotopic (exact) mass is 531 g/mol. The summed E-state index contributed by atoms with van der Waals surface area (Å²) in [7, 11) is 0. The average Bonchev–Trinajstić information content (AvgIpc) is 2.86. The van der Waals surface area contributed by atoms with E-state index in [0.29, 0.717) is 17.9 Å². The molecule has 0 radical (unpaired) electrons. The maximum Gasteiger partial charge on any atom is 0.337 e. The van der Waals surface area contributed by atoms with E-state index in [1.165, 1.54) is 0 Å². The average molecular weight is 532 g/mol. The molecule has 7 heteroatoms. The third-order valence-corrected chi connectivity index (χ3v) is 7.27. The van der Waals surface area contributed by atoms with Crippen molar-refractivity contribution in [3.8, 4) is 16.9 Å². The van der Waals surface area contributed by atoms with Gasteiger partial charge in [-0.05, 0) is 88.3 Å². The van der Waals surface area contributed by atoms with Crippen LogP contribution in [0.4, 0.5) is 5.69 Å². The quantitative estimate of drug-likeness (QED) is 0.338. The zero-order valence-corrected chi connectivity index (χ0v) is 24.2. The SMILES string of the molecule is Cc1nc(C)c([C@H](OC(C)(C)C)C(=O)O)c(N2CCC(C)(C)CC2)c1-c1ccc(OCc2ccncc2)cc1. The molecule has 4 rings (SSSR count). The molecule has 39 heavy (non-hydrogen) atoms. The summed E-state index contributed by atoms with van der Waals surface area (Å²) in [5, 5.41) is 10.3. The molecule has 1 fully saturated rings. The summed E-state index contributed by atoms with van der Waals surface area (Å²) >= 11 is 0. The first-order valence-corrected chi connectivity index (χ1v) is 13.6. The Bertz CT molecular complexity index is 1290. The molecule has 1 aliphatic rings. The zero-order valence-electron chi connectivity index (χ0n) is 24.2. The van der Waals surface area contributed by atoms with Gasteiger partial charge < -0.3 is 19.5 Å². The van der Waals surface area contributed by atoms with Crippen LogP contribution in [0.15, 0.2) is 48.8 Å². The maximum absolute atomic E-state index is 12.6. The number of pyridine rings is 2. The number of carboxylic acid groups (broad SMARTS) is 1. The lowest BCUT2D eigenvalue weighted by atomic mass is 9.82. The van der Waals surface area contributed by atoms with Crippen LogP contribution in [0.2, 0.25) is 0 Å². The first kappa shape index (κ1) is 28.6. The number of hydrogen-bond acceptors (Lipinski definition) is 6. The van der Waals surface area contributed by atoms with E-state index in [2.05, 4.69) is 23.7 Å². The minimum atomic E-state index is -1.13. The highest BCUT2D eigenvalue weighted by Gasteiger charge is 2.36. The van der Waals surface area contributed by atoms with Gasteiger partial charge in [-0.25, -0.2) is 4.79 Å². The number of anilines is 1. The molecule has 0 bridgehead atoms. The first-order chi connectivity index (χ1) is 18.3. The Hall–Kier alpha value is -3.45. The van der Waals surface area contributed by atoms with E-state index < -0.39 is 17.7 Å². The summed E-state index contributed by atoms with van der Waals surface area (Å²) in [5.74, 6) is -0.252. The van der Waals surface area contributed by atoms with Gasteiger partial charge in [-0.15, -0.1) is 0 Å². The number of carboxylic acids is 1. The fourth-order valence-electron chi connectivity index (χ4n) is 5.12. The summed E-state index contributed by atoms with van der Waals surface area (Å²) in [5.41, 5.74) is 5.66. The largest absolute Gasteiger partial charge is 0.489 e. The van der Waals surface area contributed by atoms with Crippen molar-refractivity contribution in [3.63, 3.8) is 0 Å². The van der Waals surface area contributed by atoms with Crippen molar-refractivity contribution in [2.75, 3.05) is 18.0 Å². The number of rotatable bonds is 8. The summed E-state index contributed by atoms with van der Waals surface area (Å²) in [6.45, 7) is 16.3. The molecule has 208 valence electrons. The fourth-order valence-corrected chi connectivity index (χ4v) is 5.12. The smallest absolute Gasteiger partial charge is 0.337 e. The van der Waals surface area contributed by atoms with Crippen molar-refractivity contribution in [2.24, 2.45) is 5.41 Å². The molecule has 1 N–H and O–H groups in total. The third-order valence-electron chi connectivity index (χ3n) is 7.27. The van der Waals surface area contributed by atoms with Gasteiger partial charge in [-0.3, -0.25) is 9.97 Å². The number of aromatic nitrogens is 2. The molecule has 0 amide bonds. The number of ether oxygens (including phenoxy) is 2. The summed E-state index contributed by atoms with van der Waals surface area (Å²) in [6, 6.07) is 11.8. The van der Waals surface area contributed by atoms with Crippen molar-refractivity contribution in [3.05, 3.63) is 71.3 Å². The van der Waals surface area contributed by atoms with Gasteiger partial charge in [0.25, 0.3) is 0 Å². The zero-order chi connectivity index (χ0) is 28.4. The van der Waals surface area contributed by atoms with Crippen LogP contribution in [0, 0.1) is 19.3 Å². The van der Waals surface area contributed by atoms with Crippen molar-refractivity contribution in [1.29, 1.82) is 0 Å². The van der Waals surface area contributed by atoms with E-state index >= 15 is 0 Å². The van der Waals surface area contributed by atoms with Crippen LogP contribution in [0.1, 0.15) is 76.1 Å². The van der Waals surface area contributed by atoms with Gasteiger partial charge in [-0.1, -0.05) is 26.0 Å². The number of nitrogens with zero attached hydrogens (tertiary/aromatic N) is 3. The molecular weight excluding hydrogens is 490 g/mol. The Kier molecular flexibility index (Phi) is 8.31. The summed E-state index contributed by atoms with van der Waals surface area (Å²) < 4.78 is 12.2. The fraction of sp³-hybridized carbons (Fsp3) is 0.469. The topological polar surface area (TPSA) is 84.8 Å². The molecular formula is C32H41N3O4. The Balaban J connectivity index is 1.79. The second kappa shape index (κ2) is 11.3. The predicted molar refractivity (Wildman–Crippen MR) is 154 cm³/mol. The molecule has 0 saturated carbocycles. The molecule has 0 aliphatic carbocycles. The van der Waals surface area contributed by atoms with E-state index in [4.69, 9.17) is 14.5 Å². The number of benzene rings is 1. The summed E-state index contributed by atoms with van der Waals surface area (Å²) in [6.07, 6.45) is 4.41. The normalized spacial score (nSPS) is 16.1. The van der Waals surface area contributed by atoms with Crippen LogP contribution in [0.5, 0.6) is 5.75 Å². The molecule has 1 aliphatic heterocycles. The third kappa shape index (κ3) is 6.95. The van der Waals surface area contributed by atoms with Crippen molar-refractivity contribution >= 4 is 11.7 Å². The highest BCUT2D eigenvalue weighted by atomic mass is 16.5. The second-order valence-electron chi connectivity index (χ2n) is 12.2. The van der Waals surface area contributed by atoms with Crippen LogP contribution in [-0.2, 0) is 16.1 Å². The Morgan fingerprint density at radius 1 is 1.03 bits per heavy atom. The van der Waals surface area contributed by atoms with Gasteiger partial charge in [0.15, 0.2) is 6.10 Å². The van der Waals surface area contributed by atoms with Crippen molar-refractivity contribution < 1.29 is 19.4 Å². The molecule has 3 heterocycles. The van der Waals surface area contributed by atoms with Gasteiger partial charge in [0, 0.05) is 48.0 Å². The number of hydrogen-bond donors (Lipinski definition) is 1. The minimum absolute atomic E-state index is 0.246. The van der Waals surface area contributed by atoms with E-state index in [1.54, 1.807) is 12.4 Å². The van der Waals surface area contributed by atoms with E-state index in [0.717, 1.165) is 59.8 Å². The lowest BCUT2D eigenvalue weighted by Crippen LogP contribution is -2.39. The number of carbonyl (C=O) groups is 1. The molecule has 3 aromatic rings. The lowest BCUT2D eigenvalue weighted by Gasteiger charge is -2.41. The Morgan fingerprint density at radius 3 is 2.21 bits per heavy atom. The van der Waals surface area contributed by atoms with Crippen molar-refractivity contribution in [2.45, 2.75) is 79.6 Å². The molecule has 1 saturated heterocycles. The van der Waals surface area contributed by atoms with Crippen LogP contribution in [0.25, 0.3) is 11.1 Å². The van der Waals surface area contributed by atoms with E-state index in [9.17, 15) is 9.90 Å². The number of aryl methyl sites for hydroxylation is 2. The van der Waals surface area contributed by atoms with Gasteiger partial charge in [-0.2, -0.15) is 0 Å². The van der Waals surface area contributed by atoms with E-state index in [1.807, 2.05) is 71.0 Å². The molecule has 2 aromatic heterocycles. The standard InChI is InChI=1S/C32H41N3O4/c1-21-26(24-8-10-25(11-9-24)38-20-23-12-16-33-17-13-23)28(35-18-14-32(6,7)15-19-35)27(22(2)34-21)29(30(36)37)39-31(3,4)5/h8-13,16-17,29H,14-15,18-20H2,1-7H3,(H,36,37)/t29-/m0/s1. The van der Waals surface area contributed by atoms with Crippen molar-refractivity contribution in [1.82, 2.24) is 9.97 Å². The van der Waals surface area contributed by atoms with Crippen LogP contribution in [0.3, 0.4) is 0 Å². The van der Waals surface area contributed by atoms with Gasteiger partial charge in [0.2, 0.25) is 0 Å². The van der Waals surface area contributed by atoms with Crippen LogP contribution < -0.4 is 9.64 Å². The lowest BCUT2D eigenvalue weighted by molar-refractivity contribution is -0.160. The molecule has 0 spiro atoms. The maximum atomic E-state index is 12.6. The number of piperidine rings is 1. The van der Waals surface area contributed by atoms with Gasteiger partial charge in [0.05, 0.1) is 11.3 Å². The predicted octanol–water partition coefficient (Wildman–Crippen LogP) is 6.91. The summed E-state index contributed by atoms with van der Waals surface area (Å²) in [4.78, 5) is 23.9. The van der Waals surface area contributed by atoms with Gasteiger partial charge >= 0.3 is 5.97 Å². The van der Waals surface area contributed by atoms with Crippen LogP contribution >= 0.6 is 0 Å². The van der Waals surface area contributed by atoms with Crippen LogP contribution in [-0.4, -0.2) is 39.7 Å². The second-order valence-corrected chi connectivity index (χ2v) is 12.2.